The highest BCUT2D eigenvalue weighted by atomic mass is 35.7. The molecule has 19 heavy (non-hydrogen) atoms. The van der Waals surface area contributed by atoms with Gasteiger partial charge in [0.1, 0.15) is 10.6 Å². The third-order valence-electron chi connectivity index (χ3n) is 3.90. The minimum atomic E-state index is -3.80. The predicted octanol–water partition coefficient (Wildman–Crippen LogP) is 2.11. The monoisotopic (exact) mass is 304 g/mol. The molecule has 2 N–H and O–H groups in total. The molecule has 5 nitrogen and oxygen atoms in total. The van der Waals surface area contributed by atoms with Gasteiger partial charge in [-0.05, 0) is 30.2 Å². The lowest BCUT2D eigenvalue weighted by molar-refractivity contribution is 0.0935. The second-order valence-electron chi connectivity index (χ2n) is 5.39. The van der Waals surface area contributed by atoms with Gasteiger partial charge in [-0.15, -0.1) is 0 Å². The smallest absolute Gasteiger partial charge is 0.267 e. The van der Waals surface area contributed by atoms with Crippen molar-refractivity contribution in [1.29, 1.82) is 0 Å². The van der Waals surface area contributed by atoms with Crippen LogP contribution < -0.4 is 5.32 Å². The molecule has 0 saturated heterocycles. The zero-order valence-electron chi connectivity index (χ0n) is 10.9. The molecule has 1 aliphatic rings. The Morgan fingerprint density at radius 1 is 1.53 bits per heavy atom. The maximum Gasteiger partial charge on any atom is 0.267 e. The number of aromatic nitrogens is 1. The standard InChI is InChI=1S/C12H17ClN2O3S/c1-8(2)12(3-4-12)7-15-11(16)10-5-9(6-14-10)19(13,17)18/h5-6,8,14H,3-4,7H2,1-2H3,(H,15,16). The highest BCUT2D eigenvalue weighted by Crippen LogP contribution is 2.51. The number of halogens is 1. The molecule has 0 spiro atoms. The summed E-state index contributed by atoms with van der Waals surface area (Å²) >= 11 is 0. The second-order valence-corrected chi connectivity index (χ2v) is 7.95. The number of nitrogens with one attached hydrogen (secondary N) is 2. The van der Waals surface area contributed by atoms with Gasteiger partial charge in [-0.1, -0.05) is 13.8 Å². The van der Waals surface area contributed by atoms with Gasteiger partial charge in [-0.3, -0.25) is 4.79 Å². The van der Waals surface area contributed by atoms with Gasteiger partial charge < -0.3 is 10.3 Å². The van der Waals surface area contributed by atoms with Crippen molar-refractivity contribution in [1.82, 2.24) is 10.3 Å². The summed E-state index contributed by atoms with van der Waals surface area (Å²) in [6.45, 7) is 4.91. The molecule has 0 bridgehead atoms. The maximum absolute atomic E-state index is 11.9. The van der Waals surface area contributed by atoms with Crippen LogP contribution in [0.25, 0.3) is 0 Å². The van der Waals surface area contributed by atoms with Crippen molar-refractivity contribution in [3.05, 3.63) is 18.0 Å². The van der Waals surface area contributed by atoms with Crippen molar-refractivity contribution in [2.24, 2.45) is 11.3 Å². The highest BCUT2D eigenvalue weighted by molar-refractivity contribution is 8.13. The molecule has 1 aromatic heterocycles. The Morgan fingerprint density at radius 3 is 2.58 bits per heavy atom. The Kier molecular flexibility index (Phi) is 3.66. The quantitative estimate of drug-likeness (QED) is 0.818. The summed E-state index contributed by atoms with van der Waals surface area (Å²) in [6.07, 6.45) is 3.46. The molecule has 0 atom stereocenters. The SMILES string of the molecule is CC(C)C1(CNC(=O)c2cc(S(=O)(=O)Cl)c[nH]2)CC1. The number of carbonyl (C=O) groups excluding carboxylic acids is 1. The predicted molar refractivity (Wildman–Crippen MR) is 72.7 cm³/mol. The first-order chi connectivity index (χ1) is 8.74. The Labute approximate surface area is 117 Å². The van der Waals surface area contributed by atoms with Crippen LogP contribution in [-0.2, 0) is 9.05 Å². The number of rotatable bonds is 5. The summed E-state index contributed by atoms with van der Waals surface area (Å²) in [5.41, 5.74) is 0.419. The van der Waals surface area contributed by atoms with Crippen LogP contribution in [0, 0.1) is 11.3 Å². The van der Waals surface area contributed by atoms with E-state index in [-0.39, 0.29) is 21.9 Å². The molecule has 1 saturated carbocycles. The van der Waals surface area contributed by atoms with Gasteiger partial charge >= 0.3 is 0 Å². The van der Waals surface area contributed by atoms with Crippen LogP contribution in [0.3, 0.4) is 0 Å². The average molecular weight is 305 g/mol. The third kappa shape index (κ3) is 3.12. The summed E-state index contributed by atoms with van der Waals surface area (Å²) in [4.78, 5) is 14.4. The van der Waals surface area contributed by atoms with Crippen molar-refractivity contribution in [3.63, 3.8) is 0 Å². The Hall–Kier alpha value is -1.01. The normalized spacial score (nSPS) is 17.5. The molecule has 106 valence electrons. The number of hydrogen-bond acceptors (Lipinski definition) is 3. The van der Waals surface area contributed by atoms with E-state index in [2.05, 4.69) is 24.1 Å². The van der Waals surface area contributed by atoms with Crippen molar-refractivity contribution in [2.75, 3.05) is 6.54 Å². The van der Waals surface area contributed by atoms with Gasteiger partial charge in [0.15, 0.2) is 0 Å². The van der Waals surface area contributed by atoms with Gasteiger partial charge in [0.05, 0.1) is 0 Å². The highest BCUT2D eigenvalue weighted by Gasteiger charge is 2.45. The molecule has 0 unspecified atom stereocenters. The number of H-pyrrole nitrogens is 1. The van der Waals surface area contributed by atoms with Crippen molar-refractivity contribution < 1.29 is 13.2 Å². The lowest BCUT2D eigenvalue weighted by Gasteiger charge is -2.19. The molecule has 7 heteroatoms. The molecule has 0 aliphatic heterocycles. The molecule has 0 radical (unpaired) electrons. The van der Waals surface area contributed by atoms with E-state index >= 15 is 0 Å². The van der Waals surface area contributed by atoms with Gasteiger partial charge in [0.2, 0.25) is 0 Å². The van der Waals surface area contributed by atoms with Crippen molar-refractivity contribution in [2.45, 2.75) is 31.6 Å². The number of aromatic amines is 1. The van der Waals surface area contributed by atoms with Crippen molar-refractivity contribution in [3.8, 4) is 0 Å². The molecule has 0 aromatic carbocycles. The van der Waals surface area contributed by atoms with E-state index in [9.17, 15) is 13.2 Å². The molecule has 1 amide bonds. The molecule has 1 fully saturated rings. The van der Waals surface area contributed by atoms with Crippen LogP contribution in [-0.4, -0.2) is 25.9 Å². The van der Waals surface area contributed by atoms with Crippen LogP contribution in [0.5, 0.6) is 0 Å². The first kappa shape index (κ1) is 14.4. The Balaban J connectivity index is 1.99. The molecule has 1 heterocycles. The van der Waals surface area contributed by atoms with E-state index < -0.39 is 9.05 Å². The van der Waals surface area contributed by atoms with E-state index in [4.69, 9.17) is 10.7 Å². The van der Waals surface area contributed by atoms with Crippen LogP contribution in [0.4, 0.5) is 0 Å². The number of amides is 1. The largest absolute Gasteiger partial charge is 0.356 e. The van der Waals surface area contributed by atoms with Gasteiger partial charge in [-0.2, -0.15) is 0 Å². The molecular weight excluding hydrogens is 288 g/mol. The van der Waals surface area contributed by atoms with E-state index in [1.165, 1.54) is 12.3 Å². The Bertz CT molecular complexity index is 588. The number of carbonyl (C=O) groups is 1. The minimum absolute atomic E-state index is 0.0932. The maximum atomic E-state index is 11.9. The summed E-state index contributed by atoms with van der Waals surface area (Å²) in [6, 6.07) is 1.24. The molecule has 1 aromatic rings. The topological polar surface area (TPSA) is 79.0 Å². The third-order valence-corrected chi connectivity index (χ3v) is 5.23. The van der Waals surface area contributed by atoms with Crippen LogP contribution in [0.2, 0.25) is 0 Å². The van der Waals surface area contributed by atoms with Gasteiger partial charge in [0.25, 0.3) is 15.0 Å². The fourth-order valence-electron chi connectivity index (χ4n) is 2.12. The lowest BCUT2D eigenvalue weighted by Crippen LogP contribution is -2.32. The van der Waals surface area contributed by atoms with E-state index in [0.29, 0.717) is 12.5 Å². The summed E-state index contributed by atoms with van der Waals surface area (Å²) in [5.74, 6) is 0.216. The summed E-state index contributed by atoms with van der Waals surface area (Å²) in [7, 11) is 1.40. The molecular formula is C12H17ClN2O3S. The number of hydrogen-bond donors (Lipinski definition) is 2. The zero-order chi connectivity index (χ0) is 14.3. The first-order valence-corrected chi connectivity index (χ1v) is 8.47. The molecule has 2 rings (SSSR count). The van der Waals surface area contributed by atoms with E-state index in [0.717, 1.165) is 12.8 Å². The second kappa shape index (κ2) is 4.83. The average Bonchev–Trinajstić information content (AvgIpc) is 2.92. The zero-order valence-corrected chi connectivity index (χ0v) is 12.4. The fraction of sp³-hybridized carbons (Fsp3) is 0.583. The van der Waals surface area contributed by atoms with Crippen molar-refractivity contribution >= 4 is 25.6 Å². The van der Waals surface area contributed by atoms with E-state index in [1.807, 2.05) is 0 Å². The summed E-state index contributed by atoms with van der Waals surface area (Å²) < 4.78 is 22.2. The van der Waals surface area contributed by atoms with Gasteiger partial charge in [0, 0.05) is 23.4 Å². The van der Waals surface area contributed by atoms with E-state index in [1.54, 1.807) is 0 Å². The van der Waals surface area contributed by atoms with Gasteiger partial charge in [-0.25, -0.2) is 8.42 Å². The molecule has 1 aliphatic carbocycles. The fourth-order valence-corrected chi connectivity index (χ4v) is 2.84. The van der Waals surface area contributed by atoms with Crippen LogP contribution in [0.1, 0.15) is 37.2 Å². The summed E-state index contributed by atoms with van der Waals surface area (Å²) in [5, 5.41) is 2.84. The first-order valence-electron chi connectivity index (χ1n) is 6.16. The van der Waals surface area contributed by atoms with Crippen LogP contribution >= 0.6 is 10.7 Å². The van der Waals surface area contributed by atoms with Crippen LogP contribution in [0.15, 0.2) is 17.2 Å². The Morgan fingerprint density at radius 2 is 2.16 bits per heavy atom. The lowest BCUT2D eigenvalue weighted by atomic mass is 9.92. The minimum Gasteiger partial charge on any atom is -0.356 e.